The van der Waals surface area contributed by atoms with Crippen LogP contribution in [0, 0.1) is 12.3 Å². The lowest BCUT2D eigenvalue weighted by atomic mass is 9.97. The standard InChI is InChI=1S/C44H49F3N8O8/c1-23(25-15-26(44(45,46)47)17-27(48)16-25)51-39-30-19-35(34(61-4)20-32(30)52-24(2)53-39)63-22-43(11-12-43)21-28(18-37(57)49-3)62-14-6-13-50-31-8-5-7-29-38(31)42(60)55(41(29)59)33-9-10-36(56)54-40(33)58/h5,7-8,15-17,19-20,23,28,33,50H,6,9-14,18,21-22,48H2,1-4H3,(H,49,57)(H,51,52,53)(H,54,56,58)/t23-,28?,33?/m1/s1. The molecule has 3 aromatic carbocycles. The molecule has 1 aliphatic carbocycles. The molecule has 0 spiro atoms. The van der Waals surface area contributed by atoms with Gasteiger partial charge < -0.3 is 35.9 Å². The zero-order valence-corrected chi connectivity index (χ0v) is 35.2. The molecule has 3 heterocycles. The van der Waals surface area contributed by atoms with Gasteiger partial charge in [-0.1, -0.05) is 6.07 Å². The fourth-order valence-electron chi connectivity index (χ4n) is 8.02. The molecule has 6 N–H and O–H groups in total. The third-order valence-corrected chi connectivity index (χ3v) is 11.6. The molecule has 3 atom stereocenters. The van der Waals surface area contributed by atoms with Crippen molar-refractivity contribution < 1.29 is 51.4 Å². The van der Waals surface area contributed by atoms with Crippen molar-refractivity contribution in [2.24, 2.45) is 5.41 Å². The van der Waals surface area contributed by atoms with E-state index in [2.05, 4.69) is 31.2 Å². The molecule has 19 heteroatoms. The Kier molecular flexibility index (Phi) is 12.8. The number of ether oxygens (including phenoxy) is 3. The fraction of sp³-hybridized carbons (Fsp3) is 0.432. The van der Waals surface area contributed by atoms with Gasteiger partial charge in [0.25, 0.3) is 11.8 Å². The van der Waals surface area contributed by atoms with Gasteiger partial charge in [-0.25, -0.2) is 9.97 Å². The van der Waals surface area contributed by atoms with E-state index in [1.165, 1.54) is 19.2 Å². The van der Waals surface area contributed by atoms with Gasteiger partial charge in [-0.15, -0.1) is 0 Å². The SMILES string of the molecule is CNC(=O)CC(CC1(COc2cc3c(N[C@H](C)c4cc(N)cc(C(F)(F)F)c4)nc(C)nc3cc2OC)CC1)OCCCNc1cccc2c1C(=O)N(C1CCC(=O)NC1=O)C2=O. The van der Waals surface area contributed by atoms with Crippen LogP contribution in [0.1, 0.15) is 95.6 Å². The molecule has 2 aliphatic heterocycles. The van der Waals surface area contributed by atoms with Crippen molar-refractivity contribution in [1.82, 2.24) is 25.5 Å². The summed E-state index contributed by atoms with van der Waals surface area (Å²) in [6.45, 7) is 4.34. The van der Waals surface area contributed by atoms with E-state index in [1.807, 2.05) is 0 Å². The summed E-state index contributed by atoms with van der Waals surface area (Å²) < 4.78 is 59.2. The fourth-order valence-corrected chi connectivity index (χ4v) is 8.02. The molecule has 4 aromatic rings. The second-order valence-electron chi connectivity index (χ2n) is 16.2. The second-order valence-corrected chi connectivity index (χ2v) is 16.2. The van der Waals surface area contributed by atoms with Crippen LogP contribution in [0.3, 0.4) is 0 Å². The minimum atomic E-state index is -4.57. The number of imide groups is 2. The van der Waals surface area contributed by atoms with Crippen LogP contribution < -0.4 is 36.5 Å². The molecule has 0 bridgehead atoms. The highest BCUT2D eigenvalue weighted by Crippen LogP contribution is 2.51. The molecule has 334 valence electrons. The van der Waals surface area contributed by atoms with Gasteiger partial charge in [0.2, 0.25) is 17.7 Å². The normalized spacial score (nSPS) is 17.8. The quantitative estimate of drug-likeness (QED) is 0.0462. The summed E-state index contributed by atoms with van der Waals surface area (Å²) in [7, 11) is 3.07. The number of halogens is 3. The number of nitrogen functional groups attached to an aromatic ring is 1. The highest BCUT2D eigenvalue weighted by Gasteiger charge is 2.47. The van der Waals surface area contributed by atoms with Gasteiger partial charge in [0.1, 0.15) is 17.7 Å². The number of amides is 5. The number of rotatable bonds is 18. The van der Waals surface area contributed by atoms with Crippen molar-refractivity contribution in [3.8, 4) is 11.5 Å². The van der Waals surface area contributed by atoms with Crippen molar-refractivity contribution in [2.75, 3.05) is 50.3 Å². The Morgan fingerprint density at radius 1 is 1.06 bits per heavy atom. The van der Waals surface area contributed by atoms with E-state index < -0.39 is 53.6 Å². The summed E-state index contributed by atoms with van der Waals surface area (Å²) in [4.78, 5) is 73.6. The first kappa shape index (κ1) is 44.6. The van der Waals surface area contributed by atoms with Gasteiger partial charge >= 0.3 is 6.18 Å². The predicted molar refractivity (Wildman–Crippen MR) is 225 cm³/mol. The van der Waals surface area contributed by atoms with E-state index in [0.717, 1.165) is 29.9 Å². The number of nitrogens with two attached hydrogens (primary N) is 1. The minimum Gasteiger partial charge on any atom is -0.493 e. The molecule has 63 heavy (non-hydrogen) atoms. The third kappa shape index (κ3) is 9.93. The lowest BCUT2D eigenvalue weighted by Crippen LogP contribution is -2.54. The number of hydrogen-bond acceptors (Lipinski definition) is 13. The van der Waals surface area contributed by atoms with Crippen LogP contribution >= 0.6 is 0 Å². The van der Waals surface area contributed by atoms with Crippen LogP contribution in [-0.2, 0) is 25.3 Å². The number of benzene rings is 3. The van der Waals surface area contributed by atoms with Crippen molar-refractivity contribution in [3.63, 3.8) is 0 Å². The maximum Gasteiger partial charge on any atom is 0.416 e. The zero-order chi connectivity index (χ0) is 45.2. The average Bonchev–Trinajstić information content (AvgIpc) is 3.95. The number of anilines is 3. The van der Waals surface area contributed by atoms with E-state index in [9.17, 15) is 37.1 Å². The summed E-state index contributed by atoms with van der Waals surface area (Å²) >= 11 is 0. The molecule has 1 saturated heterocycles. The number of carbonyl (C=O) groups is 5. The number of nitrogens with one attached hydrogen (secondary N) is 4. The molecular weight excluding hydrogens is 826 g/mol. The van der Waals surface area contributed by atoms with Gasteiger partial charge in [-0.05, 0) is 87.9 Å². The van der Waals surface area contributed by atoms with Crippen LogP contribution in [0.2, 0.25) is 0 Å². The smallest absolute Gasteiger partial charge is 0.416 e. The molecule has 7 rings (SSSR count). The van der Waals surface area contributed by atoms with Crippen molar-refractivity contribution in [3.05, 3.63) is 76.6 Å². The Morgan fingerprint density at radius 2 is 1.84 bits per heavy atom. The molecule has 5 amide bonds. The first-order chi connectivity index (χ1) is 30.0. The Balaban J connectivity index is 0.988. The van der Waals surface area contributed by atoms with Crippen molar-refractivity contribution in [2.45, 2.75) is 83.2 Å². The molecule has 1 saturated carbocycles. The summed E-state index contributed by atoms with van der Waals surface area (Å²) in [5.74, 6) is -0.879. The average molecular weight is 875 g/mol. The van der Waals surface area contributed by atoms with Gasteiger partial charge in [0, 0.05) is 54.9 Å². The molecule has 3 aliphatic rings. The molecule has 1 aromatic heterocycles. The largest absolute Gasteiger partial charge is 0.493 e. The number of methoxy groups -OCH3 is 1. The lowest BCUT2D eigenvalue weighted by molar-refractivity contribution is -0.138. The summed E-state index contributed by atoms with van der Waals surface area (Å²) in [6, 6.07) is 10.1. The summed E-state index contributed by atoms with van der Waals surface area (Å²) in [5, 5.41) is 11.9. The summed E-state index contributed by atoms with van der Waals surface area (Å²) in [5.41, 5.74) is 6.30. The maximum atomic E-state index is 13.6. The van der Waals surface area contributed by atoms with E-state index in [0.29, 0.717) is 64.7 Å². The van der Waals surface area contributed by atoms with E-state index in [4.69, 9.17) is 19.9 Å². The number of aromatic nitrogens is 2. The van der Waals surface area contributed by atoms with Crippen LogP contribution in [0.25, 0.3) is 10.9 Å². The second kappa shape index (κ2) is 18.1. The Bertz CT molecular complexity index is 2460. The van der Waals surface area contributed by atoms with Gasteiger partial charge in [-0.2, -0.15) is 13.2 Å². The highest BCUT2D eigenvalue weighted by atomic mass is 19.4. The number of alkyl halides is 3. The number of nitrogens with zero attached hydrogens (tertiary/aromatic N) is 3. The van der Waals surface area contributed by atoms with Crippen LogP contribution in [-0.4, -0.2) is 90.5 Å². The van der Waals surface area contributed by atoms with Crippen molar-refractivity contribution in [1.29, 1.82) is 0 Å². The lowest BCUT2D eigenvalue weighted by Gasteiger charge is -2.27. The zero-order valence-electron chi connectivity index (χ0n) is 35.2. The minimum absolute atomic E-state index is 0.0152. The highest BCUT2D eigenvalue weighted by molar-refractivity contribution is 6.25. The molecule has 16 nitrogen and oxygen atoms in total. The third-order valence-electron chi connectivity index (χ3n) is 11.6. The Labute approximate surface area is 360 Å². The topological polar surface area (TPSA) is 216 Å². The van der Waals surface area contributed by atoms with Crippen molar-refractivity contribution >= 4 is 57.6 Å². The molecule has 2 unspecified atom stereocenters. The maximum absolute atomic E-state index is 13.6. The Morgan fingerprint density at radius 3 is 2.54 bits per heavy atom. The first-order valence-electron chi connectivity index (χ1n) is 20.6. The first-order valence-corrected chi connectivity index (χ1v) is 20.6. The van der Waals surface area contributed by atoms with Crippen LogP contribution in [0.5, 0.6) is 11.5 Å². The number of piperidine rings is 1. The molecule has 2 fully saturated rings. The number of hydrogen-bond donors (Lipinski definition) is 5. The van der Waals surface area contributed by atoms with Crippen LogP contribution in [0.4, 0.5) is 30.4 Å². The summed E-state index contributed by atoms with van der Waals surface area (Å²) in [6.07, 6.45) is -2.16. The van der Waals surface area contributed by atoms with Gasteiger partial charge in [-0.3, -0.25) is 34.2 Å². The molecule has 0 radical (unpaired) electrons. The molecular formula is C44H49F3N8O8. The Hall–Kier alpha value is -6.50. The van der Waals surface area contributed by atoms with E-state index in [1.54, 1.807) is 45.2 Å². The van der Waals surface area contributed by atoms with E-state index in [-0.39, 0.29) is 60.6 Å². The number of aryl methyl sites for hydroxylation is 1. The monoisotopic (exact) mass is 874 g/mol. The van der Waals surface area contributed by atoms with Crippen LogP contribution in [0.15, 0.2) is 48.5 Å². The number of carbonyl (C=O) groups excluding carboxylic acids is 5. The number of fused-ring (bicyclic) bond motifs is 2. The van der Waals surface area contributed by atoms with Gasteiger partial charge in [0.05, 0.1) is 54.5 Å². The van der Waals surface area contributed by atoms with E-state index >= 15 is 0 Å². The predicted octanol–water partition coefficient (Wildman–Crippen LogP) is 5.69. The van der Waals surface area contributed by atoms with Gasteiger partial charge in [0.15, 0.2) is 11.5 Å².